The lowest BCUT2D eigenvalue weighted by atomic mass is 10.2. The van der Waals surface area contributed by atoms with Crippen LogP contribution in [0.1, 0.15) is 31.6 Å². The van der Waals surface area contributed by atoms with Crippen LogP contribution < -0.4 is 10.6 Å². The zero-order valence-corrected chi connectivity index (χ0v) is 17.4. The van der Waals surface area contributed by atoms with Crippen molar-refractivity contribution < 1.29 is 14.3 Å². The van der Waals surface area contributed by atoms with Gasteiger partial charge in [0.2, 0.25) is 11.8 Å². The summed E-state index contributed by atoms with van der Waals surface area (Å²) in [5, 5.41) is 6.45. The Kier molecular flexibility index (Phi) is 6.01. The van der Waals surface area contributed by atoms with Gasteiger partial charge in [0.05, 0.1) is 17.1 Å². The highest BCUT2D eigenvalue weighted by Crippen LogP contribution is 2.22. The number of para-hydroxylation sites is 2. The summed E-state index contributed by atoms with van der Waals surface area (Å²) >= 11 is 5.90. The van der Waals surface area contributed by atoms with Crippen LogP contribution in [0, 0.1) is 0 Å². The number of nitrogens with one attached hydrogen (secondary N) is 2. The standard InChI is InChI=1S/C22H23ClN4O3/c1-14(24-22(29)19-7-4-12-30-19)21-26-17-5-2-3-6-18(17)27(21)13-20(28)25-16-10-8-15(23)9-11-16/h2-3,5-6,8-11,14,19H,4,7,12-13H2,1H3,(H,24,29)(H,25,28). The van der Waals surface area contributed by atoms with Gasteiger partial charge in [-0.15, -0.1) is 0 Å². The molecule has 0 spiro atoms. The zero-order chi connectivity index (χ0) is 21.1. The molecular weight excluding hydrogens is 404 g/mol. The number of amides is 2. The molecule has 0 aliphatic carbocycles. The molecular formula is C22H23ClN4O3. The number of ether oxygens (including phenoxy) is 1. The molecule has 2 N–H and O–H groups in total. The van der Waals surface area contributed by atoms with Gasteiger partial charge in [0.15, 0.2) is 0 Å². The fourth-order valence-corrected chi connectivity index (χ4v) is 3.75. The van der Waals surface area contributed by atoms with E-state index in [1.807, 2.05) is 35.8 Å². The SMILES string of the molecule is CC(NC(=O)C1CCCO1)c1nc2ccccc2n1CC(=O)Nc1ccc(Cl)cc1. The van der Waals surface area contributed by atoms with Crippen molar-refractivity contribution in [3.05, 3.63) is 59.4 Å². The molecule has 8 heteroatoms. The third kappa shape index (κ3) is 4.47. The monoisotopic (exact) mass is 426 g/mol. The van der Waals surface area contributed by atoms with Crippen molar-refractivity contribution in [2.75, 3.05) is 11.9 Å². The third-order valence-electron chi connectivity index (χ3n) is 5.08. The predicted molar refractivity (Wildman–Crippen MR) is 115 cm³/mol. The summed E-state index contributed by atoms with van der Waals surface area (Å²) in [7, 11) is 0. The van der Waals surface area contributed by atoms with Gasteiger partial charge in [-0.25, -0.2) is 4.98 Å². The maximum absolute atomic E-state index is 12.7. The summed E-state index contributed by atoms with van der Waals surface area (Å²) in [6.07, 6.45) is 1.19. The van der Waals surface area contributed by atoms with E-state index in [0.29, 0.717) is 23.1 Å². The molecule has 1 aliphatic heterocycles. The molecule has 2 atom stereocenters. The average molecular weight is 427 g/mol. The maximum Gasteiger partial charge on any atom is 0.249 e. The Bertz CT molecular complexity index is 1060. The van der Waals surface area contributed by atoms with Gasteiger partial charge in [-0.1, -0.05) is 23.7 Å². The van der Waals surface area contributed by atoms with E-state index in [1.54, 1.807) is 24.3 Å². The van der Waals surface area contributed by atoms with E-state index in [2.05, 4.69) is 15.6 Å². The van der Waals surface area contributed by atoms with Gasteiger partial charge in [-0.05, 0) is 56.2 Å². The van der Waals surface area contributed by atoms with Crippen LogP contribution in [0.3, 0.4) is 0 Å². The molecule has 30 heavy (non-hydrogen) atoms. The van der Waals surface area contributed by atoms with E-state index in [9.17, 15) is 9.59 Å². The Labute approximate surface area is 179 Å². The number of nitrogens with zero attached hydrogens (tertiary/aromatic N) is 2. The van der Waals surface area contributed by atoms with Crippen LogP contribution >= 0.6 is 11.6 Å². The quantitative estimate of drug-likeness (QED) is 0.629. The number of hydrogen-bond donors (Lipinski definition) is 2. The Morgan fingerprint density at radius 3 is 2.73 bits per heavy atom. The number of rotatable bonds is 6. The highest BCUT2D eigenvalue weighted by atomic mass is 35.5. The minimum Gasteiger partial charge on any atom is -0.368 e. The van der Waals surface area contributed by atoms with Crippen molar-refractivity contribution in [3.63, 3.8) is 0 Å². The van der Waals surface area contributed by atoms with Crippen molar-refractivity contribution in [2.24, 2.45) is 0 Å². The number of imidazole rings is 1. The molecule has 3 aromatic rings. The summed E-state index contributed by atoms with van der Waals surface area (Å²) in [6, 6.07) is 14.2. The molecule has 1 saturated heterocycles. The molecule has 1 aromatic heterocycles. The number of fused-ring (bicyclic) bond motifs is 1. The minimum atomic E-state index is -0.418. The minimum absolute atomic E-state index is 0.0681. The number of benzene rings is 2. The first-order chi connectivity index (χ1) is 14.5. The summed E-state index contributed by atoms with van der Waals surface area (Å²) < 4.78 is 7.30. The number of hydrogen-bond acceptors (Lipinski definition) is 4. The molecule has 0 saturated carbocycles. The molecule has 1 fully saturated rings. The van der Waals surface area contributed by atoms with E-state index in [-0.39, 0.29) is 24.4 Å². The van der Waals surface area contributed by atoms with Crippen LogP contribution in [0.2, 0.25) is 5.02 Å². The molecule has 2 heterocycles. The van der Waals surface area contributed by atoms with E-state index in [1.165, 1.54) is 0 Å². The molecule has 2 amide bonds. The van der Waals surface area contributed by atoms with Crippen LogP contribution in [-0.4, -0.2) is 34.1 Å². The molecule has 4 rings (SSSR count). The highest BCUT2D eigenvalue weighted by Gasteiger charge is 2.27. The van der Waals surface area contributed by atoms with Gasteiger partial charge in [-0.3, -0.25) is 9.59 Å². The van der Waals surface area contributed by atoms with Gasteiger partial charge in [-0.2, -0.15) is 0 Å². The Morgan fingerprint density at radius 1 is 1.23 bits per heavy atom. The second-order valence-corrected chi connectivity index (χ2v) is 7.77. The smallest absolute Gasteiger partial charge is 0.249 e. The lowest BCUT2D eigenvalue weighted by molar-refractivity contribution is -0.130. The van der Waals surface area contributed by atoms with Crippen LogP contribution in [0.25, 0.3) is 11.0 Å². The molecule has 0 radical (unpaired) electrons. The summed E-state index contributed by atoms with van der Waals surface area (Å²) in [5.41, 5.74) is 2.26. The summed E-state index contributed by atoms with van der Waals surface area (Å²) in [6.45, 7) is 2.54. The number of carbonyl (C=O) groups excluding carboxylic acids is 2. The lowest BCUT2D eigenvalue weighted by Crippen LogP contribution is -2.37. The zero-order valence-electron chi connectivity index (χ0n) is 16.6. The molecule has 2 aromatic carbocycles. The van der Waals surface area contributed by atoms with E-state index >= 15 is 0 Å². The van der Waals surface area contributed by atoms with Gasteiger partial charge >= 0.3 is 0 Å². The molecule has 0 bridgehead atoms. The predicted octanol–water partition coefficient (Wildman–Crippen LogP) is 3.68. The maximum atomic E-state index is 12.7. The number of carbonyl (C=O) groups is 2. The Morgan fingerprint density at radius 2 is 2.00 bits per heavy atom. The van der Waals surface area contributed by atoms with Crippen molar-refractivity contribution in [1.29, 1.82) is 0 Å². The van der Waals surface area contributed by atoms with Crippen LogP contribution in [0.15, 0.2) is 48.5 Å². The highest BCUT2D eigenvalue weighted by molar-refractivity contribution is 6.30. The fraction of sp³-hybridized carbons (Fsp3) is 0.318. The second-order valence-electron chi connectivity index (χ2n) is 7.33. The molecule has 1 aliphatic rings. The normalized spacial score (nSPS) is 17.1. The Hall–Kier alpha value is -2.90. The van der Waals surface area contributed by atoms with Gasteiger partial charge in [0.25, 0.3) is 0 Å². The first-order valence-corrected chi connectivity index (χ1v) is 10.3. The fourth-order valence-electron chi connectivity index (χ4n) is 3.62. The number of halogens is 1. The first kappa shape index (κ1) is 20.4. The summed E-state index contributed by atoms with van der Waals surface area (Å²) in [5.74, 6) is 0.275. The van der Waals surface area contributed by atoms with Crippen LogP contribution in [0.4, 0.5) is 5.69 Å². The van der Waals surface area contributed by atoms with Crippen LogP contribution in [0.5, 0.6) is 0 Å². The average Bonchev–Trinajstić information content (AvgIpc) is 3.39. The van der Waals surface area contributed by atoms with Gasteiger partial charge in [0.1, 0.15) is 18.5 Å². The third-order valence-corrected chi connectivity index (χ3v) is 5.33. The van der Waals surface area contributed by atoms with Crippen molar-refractivity contribution in [3.8, 4) is 0 Å². The Balaban J connectivity index is 1.55. The van der Waals surface area contributed by atoms with E-state index in [4.69, 9.17) is 16.3 Å². The second kappa shape index (κ2) is 8.85. The number of aromatic nitrogens is 2. The molecule has 7 nitrogen and oxygen atoms in total. The van der Waals surface area contributed by atoms with Crippen molar-refractivity contribution in [1.82, 2.24) is 14.9 Å². The van der Waals surface area contributed by atoms with E-state index in [0.717, 1.165) is 23.9 Å². The topological polar surface area (TPSA) is 85.2 Å². The van der Waals surface area contributed by atoms with Gasteiger partial charge in [0, 0.05) is 17.3 Å². The number of anilines is 1. The molecule has 2 unspecified atom stereocenters. The van der Waals surface area contributed by atoms with Crippen molar-refractivity contribution >= 4 is 40.1 Å². The summed E-state index contributed by atoms with van der Waals surface area (Å²) in [4.78, 5) is 29.9. The molecule has 156 valence electrons. The van der Waals surface area contributed by atoms with Gasteiger partial charge < -0.3 is 19.9 Å². The van der Waals surface area contributed by atoms with E-state index < -0.39 is 6.10 Å². The lowest BCUT2D eigenvalue weighted by Gasteiger charge is -2.18. The van der Waals surface area contributed by atoms with Crippen LogP contribution in [-0.2, 0) is 20.9 Å². The largest absolute Gasteiger partial charge is 0.368 e. The first-order valence-electron chi connectivity index (χ1n) is 9.94. The van der Waals surface area contributed by atoms with Crippen molar-refractivity contribution in [2.45, 2.75) is 38.5 Å².